The van der Waals surface area contributed by atoms with Crippen molar-refractivity contribution < 1.29 is 9.59 Å². The maximum atomic E-state index is 11.7. The molecule has 2 N–H and O–H groups in total. The number of nitrogens with one attached hydrogen (secondary N) is 2. The zero-order valence-corrected chi connectivity index (χ0v) is 12.8. The fourth-order valence-electron chi connectivity index (χ4n) is 2.16. The molecule has 0 atom stereocenters. The Hall–Kier alpha value is -1.11. The van der Waals surface area contributed by atoms with E-state index in [4.69, 9.17) is 0 Å². The molecule has 0 fully saturated rings. The summed E-state index contributed by atoms with van der Waals surface area (Å²) in [6, 6.07) is 5.33. The van der Waals surface area contributed by atoms with Gasteiger partial charge in [0.1, 0.15) is 0 Å². The van der Waals surface area contributed by atoms with Crippen LogP contribution in [0.3, 0.4) is 0 Å². The molecule has 19 heavy (non-hydrogen) atoms. The van der Waals surface area contributed by atoms with Crippen LogP contribution in [0, 0.1) is 0 Å². The van der Waals surface area contributed by atoms with Gasteiger partial charge in [-0.2, -0.15) is 0 Å². The molecule has 2 rings (SSSR count). The SMILES string of the molecule is O=C1NC(=O)c2c(NCCCCCCI)cccc21. The lowest BCUT2D eigenvalue weighted by Crippen LogP contribution is -2.20. The van der Waals surface area contributed by atoms with Crippen molar-refractivity contribution in [1.29, 1.82) is 0 Å². The van der Waals surface area contributed by atoms with Gasteiger partial charge in [-0.15, -0.1) is 0 Å². The molecule has 102 valence electrons. The van der Waals surface area contributed by atoms with Gasteiger partial charge in [0.15, 0.2) is 0 Å². The van der Waals surface area contributed by atoms with Gasteiger partial charge in [-0.3, -0.25) is 14.9 Å². The number of halogens is 1. The Kier molecular flexibility index (Phi) is 5.18. The molecule has 0 unspecified atom stereocenters. The van der Waals surface area contributed by atoms with Crippen LogP contribution >= 0.6 is 22.6 Å². The van der Waals surface area contributed by atoms with E-state index >= 15 is 0 Å². The predicted molar refractivity (Wildman–Crippen MR) is 84.1 cm³/mol. The summed E-state index contributed by atoms with van der Waals surface area (Å²) in [7, 11) is 0. The topological polar surface area (TPSA) is 58.2 Å². The maximum Gasteiger partial charge on any atom is 0.261 e. The molecule has 0 radical (unpaired) electrons. The lowest BCUT2D eigenvalue weighted by molar-refractivity contribution is 0.0880. The number of rotatable bonds is 7. The van der Waals surface area contributed by atoms with Crippen LogP contribution in [-0.4, -0.2) is 22.8 Å². The molecular formula is C14H17IN2O2. The summed E-state index contributed by atoms with van der Waals surface area (Å²) in [5, 5.41) is 5.58. The normalized spacial score (nSPS) is 13.3. The van der Waals surface area contributed by atoms with E-state index in [9.17, 15) is 9.59 Å². The minimum absolute atomic E-state index is 0.298. The number of imide groups is 1. The van der Waals surface area contributed by atoms with Gasteiger partial charge < -0.3 is 5.32 Å². The summed E-state index contributed by atoms with van der Waals surface area (Å²) < 4.78 is 1.21. The van der Waals surface area contributed by atoms with Crippen molar-refractivity contribution in [2.24, 2.45) is 0 Å². The van der Waals surface area contributed by atoms with Gasteiger partial charge in [0.2, 0.25) is 0 Å². The van der Waals surface area contributed by atoms with Crippen LogP contribution in [0.1, 0.15) is 46.4 Å². The number of unbranched alkanes of at least 4 members (excludes halogenated alkanes) is 3. The Labute approximate surface area is 126 Å². The summed E-state index contributed by atoms with van der Waals surface area (Å²) in [6.45, 7) is 0.833. The zero-order valence-electron chi connectivity index (χ0n) is 10.7. The molecule has 5 heteroatoms. The minimum Gasteiger partial charge on any atom is -0.384 e. The quantitative estimate of drug-likeness (QED) is 0.335. The average molecular weight is 372 g/mol. The number of amides is 2. The summed E-state index contributed by atoms with van der Waals surface area (Å²) in [6.07, 6.45) is 4.78. The van der Waals surface area contributed by atoms with Crippen LogP contribution in [-0.2, 0) is 0 Å². The molecule has 0 aromatic heterocycles. The van der Waals surface area contributed by atoms with E-state index < -0.39 is 0 Å². The molecule has 4 nitrogen and oxygen atoms in total. The van der Waals surface area contributed by atoms with Crippen molar-refractivity contribution in [2.75, 3.05) is 16.3 Å². The Morgan fingerprint density at radius 3 is 2.63 bits per heavy atom. The van der Waals surface area contributed by atoms with Crippen LogP contribution < -0.4 is 10.6 Å². The first-order valence-corrected chi connectivity index (χ1v) is 8.05. The maximum absolute atomic E-state index is 11.7. The zero-order chi connectivity index (χ0) is 13.7. The highest BCUT2D eigenvalue weighted by Gasteiger charge is 2.28. The molecule has 2 amide bonds. The van der Waals surface area contributed by atoms with E-state index in [1.54, 1.807) is 12.1 Å². The Bertz CT molecular complexity index is 488. The lowest BCUT2D eigenvalue weighted by atomic mass is 10.1. The highest BCUT2D eigenvalue weighted by molar-refractivity contribution is 14.1. The van der Waals surface area contributed by atoms with Crippen LogP contribution in [0.15, 0.2) is 18.2 Å². The third-order valence-electron chi connectivity index (χ3n) is 3.14. The van der Waals surface area contributed by atoms with Gasteiger partial charge in [0, 0.05) is 12.2 Å². The van der Waals surface area contributed by atoms with E-state index in [0.29, 0.717) is 11.1 Å². The molecule has 1 aliphatic rings. The second kappa shape index (κ2) is 6.88. The largest absolute Gasteiger partial charge is 0.384 e. The molecule has 1 aliphatic heterocycles. The number of fused-ring (bicyclic) bond motifs is 1. The second-order valence-electron chi connectivity index (χ2n) is 4.54. The monoisotopic (exact) mass is 372 g/mol. The Morgan fingerprint density at radius 2 is 1.84 bits per heavy atom. The molecule has 0 bridgehead atoms. The number of anilines is 1. The summed E-state index contributed by atoms with van der Waals surface area (Å²) >= 11 is 2.39. The third-order valence-corrected chi connectivity index (χ3v) is 3.90. The summed E-state index contributed by atoms with van der Waals surface area (Å²) in [5.41, 5.74) is 1.72. The number of hydrogen-bond acceptors (Lipinski definition) is 3. The van der Waals surface area contributed by atoms with Crippen LogP contribution in [0.5, 0.6) is 0 Å². The first kappa shape index (κ1) is 14.3. The molecule has 0 spiro atoms. The molecular weight excluding hydrogens is 355 g/mol. The van der Waals surface area contributed by atoms with E-state index in [1.165, 1.54) is 23.7 Å². The molecule has 0 saturated heterocycles. The number of benzene rings is 1. The van der Waals surface area contributed by atoms with Crippen LogP contribution in [0.4, 0.5) is 5.69 Å². The fraction of sp³-hybridized carbons (Fsp3) is 0.429. The highest BCUT2D eigenvalue weighted by Crippen LogP contribution is 2.24. The van der Waals surface area contributed by atoms with Crippen molar-refractivity contribution in [1.82, 2.24) is 5.32 Å². The second-order valence-corrected chi connectivity index (χ2v) is 5.62. The van der Waals surface area contributed by atoms with E-state index in [0.717, 1.165) is 18.7 Å². The van der Waals surface area contributed by atoms with E-state index in [2.05, 4.69) is 33.2 Å². The number of carbonyl (C=O) groups excluding carboxylic acids is 2. The van der Waals surface area contributed by atoms with Crippen LogP contribution in [0.2, 0.25) is 0 Å². The van der Waals surface area contributed by atoms with Gasteiger partial charge in [-0.05, 0) is 29.4 Å². The lowest BCUT2D eigenvalue weighted by Gasteiger charge is -2.09. The Balaban J connectivity index is 1.92. The summed E-state index contributed by atoms with van der Waals surface area (Å²) in [4.78, 5) is 23.2. The fourth-order valence-corrected chi connectivity index (χ4v) is 2.70. The molecule has 1 heterocycles. The van der Waals surface area contributed by atoms with Crippen molar-refractivity contribution in [3.63, 3.8) is 0 Å². The molecule has 1 aromatic rings. The van der Waals surface area contributed by atoms with Crippen LogP contribution in [0.25, 0.3) is 0 Å². The van der Waals surface area contributed by atoms with Crippen molar-refractivity contribution in [3.8, 4) is 0 Å². The number of hydrogen-bond donors (Lipinski definition) is 2. The summed E-state index contributed by atoms with van der Waals surface area (Å²) in [5.74, 6) is -0.598. The first-order valence-electron chi connectivity index (χ1n) is 6.52. The van der Waals surface area contributed by atoms with Crippen molar-refractivity contribution >= 4 is 40.1 Å². The van der Waals surface area contributed by atoms with Crippen molar-refractivity contribution in [3.05, 3.63) is 29.3 Å². The van der Waals surface area contributed by atoms with Gasteiger partial charge in [-0.1, -0.05) is 41.5 Å². The average Bonchev–Trinajstić information content (AvgIpc) is 2.70. The Morgan fingerprint density at radius 1 is 1.05 bits per heavy atom. The molecule has 0 saturated carbocycles. The van der Waals surface area contributed by atoms with E-state index in [1.807, 2.05) is 6.07 Å². The van der Waals surface area contributed by atoms with Gasteiger partial charge in [0.05, 0.1) is 11.1 Å². The third kappa shape index (κ3) is 3.46. The van der Waals surface area contributed by atoms with E-state index in [-0.39, 0.29) is 11.8 Å². The standard InChI is InChI=1S/C14H17IN2O2/c15-8-3-1-2-4-9-16-11-7-5-6-10-12(11)14(19)17-13(10)18/h5-7,16H,1-4,8-9H2,(H,17,18,19). The highest BCUT2D eigenvalue weighted by atomic mass is 127. The number of carbonyl (C=O) groups is 2. The van der Waals surface area contributed by atoms with Gasteiger partial charge in [-0.25, -0.2) is 0 Å². The first-order chi connectivity index (χ1) is 9.24. The predicted octanol–water partition coefficient (Wildman–Crippen LogP) is 2.98. The minimum atomic E-state index is -0.300. The smallest absolute Gasteiger partial charge is 0.261 e. The van der Waals surface area contributed by atoms with Crippen molar-refractivity contribution in [2.45, 2.75) is 25.7 Å². The molecule has 1 aromatic carbocycles. The van der Waals surface area contributed by atoms with Gasteiger partial charge >= 0.3 is 0 Å². The van der Waals surface area contributed by atoms with Gasteiger partial charge in [0.25, 0.3) is 11.8 Å². The molecule has 0 aliphatic carbocycles. The number of alkyl halides is 1.